The first-order valence-electron chi connectivity index (χ1n) is 7.74. The Labute approximate surface area is 123 Å². The molecule has 1 fully saturated rings. The van der Waals surface area contributed by atoms with Crippen LogP contribution < -0.4 is 10.6 Å². The molecule has 116 valence electrons. The normalized spacial score (nSPS) is 23.8. The van der Waals surface area contributed by atoms with Crippen LogP contribution >= 0.6 is 0 Å². The molecule has 1 amide bonds. The summed E-state index contributed by atoms with van der Waals surface area (Å²) < 4.78 is 5.15. The number of nitrogens with one attached hydrogen (secondary N) is 2. The zero-order valence-electron chi connectivity index (χ0n) is 13.4. The molecular weight excluding hydrogens is 252 g/mol. The second-order valence-electron chi connectivity index (χ2n) is 6.63. The molecule has 4 nitrogen and oxygen atoms in total. The lowest BCUT2D eigenvalue weighted by Crippen LogP contribution is -2.37. The van der Waals surface area contributed by atoms with Gasteiger partial charge in [-0.3, -0.25) is 0 Å². The van der Waals surface area contributed by atoms with Gasteiger partial charge in [0, 0.05) is 19.1 Å². The van der Waals surface area contributed by atoms with Crippen molar-refractivity contribution in [2.75, 3.05) is 13.1 Å². The molecule has 0 aromatic rings. The Bertz CT molecular complexity index is 321. The Morgan fingerprint density at radius 2 is 1.85 bits per heavy atom. The molecule has 1 rings (SSSR count). The SMILES string of the molecule is CC1CCCCC1NC/C=C/CNC(=O)OC(C)(C)C. The number of carbonyl (C=O) groups is 1. The summed E-state index contributed by atoms with van der Waals surface area (Å²) in [4.78, 5) is 11.4. The molecule has 4 heteroatoms. The monoisotopic (exact) mass is 282 g/mol. The van der Waals surface area contributed by atoms with Gasteiger partial charge in [0.05, 0.1) is 0 Å². The predicted molar refractivity (Wildman–Crippen MR) is 82.8 cm³/mol. The van der Waals surface area contributed by atoms with Gasteiger partial charge in [-0.2, -0.15) is 0 Å². The van der Waals surface area contributed by atoms with Crippen LogP contribution in [-0.4, -0.2) is 30.8 Å². The number of ether oxygens (including phenoxy) is 1. The maximum atomic E-state index is 11.4. The van der Waals surface area contributed by atoms with Crippen molar-refractivity contribution in [2.24, 2.45) is 5.92 Å². The van der Waals surface area contributed by atoms with E-state index in [0.717, 1.165) is 12.5 Å². The molecule has 0 radical (unpaired) electrons. The second kappa shape index (κ2) is 8.30. The minimum atomic E-state index is -0.438. The summed E-state index contributed by atoms with van der Waals surface area (Å²) in [5.41, 5.74) is -0.438. The average Bonchev–Trinajstić information content (AvgIpc) is 2.33. The minimum absolute atomic E-state index is 0.365. The summed E-state index contributed by atoms with van der Waals surface area (Å²) in [5.74, 6) is 0.775. The average molecular weight is 282 g/mol. The van der Waals surface area contributed by atoms with Gasteiger partial charge in [-0.25, -0.2) is 4.79 Å². The van der Waals surface area contributed by atoms with E-state index < -0.39 is 5.60 Å². The van der Waals surface area contributed by atoms with E-state index in [1.807, 2.05) is 26.8 Å². The molecule has 2 unspecified atom stereocenters. The number of alkyl carbamates (subject to hydrolysis) is 1. The van der Waals surface area contributed by atoms with Crippen molar-refractivity contribution in [3.63, 3.8) is 0 Å². The van der Waals surface area contributed by atoms with Crippen LogP contribution in [0.5, 0.6) is 0 Å². The van der Waals surface area contributed by atoms with Crippen LogP contribution in [-0.2, 0) is 4.74 Å². The van der Waals surface area contributed by atoms with Crippen LogP contribution in [0.2, 0.25) is 0 Å². The van der Waals surface area contributed by atoms with Crippen molar-refractivity contribution in [2.45, 2.75) is 65.0 Å². The second-order valence-corrected chi connectivity index (χ2v) is 6.63. The van der Waals surface area contributed by atoms with E-state index in [-0.39, 0.29) is 6.09 Å². The van der Waals surface area contributed by atoms with Gasteiger partial charge < -0.3 is 15.4 Å². The minimum Gasteiger partial charge on any atom is -0.444 e. The molecule has 1 saturated carbocycles. The van der Waals surface area contributed by atoms with Crippen LogP contribution in [0.4, 0.5) is 4.79 Å². The summed E-state index contributed by atoms with van der Waals surface area (Å²) in [7, 11) is 0. The molecule has 0 saturated heterocycles. The number of carbonyl (C=O) groups excluding carboxylic acids is 1. The smallest absolute Gasteiger partial charge is 0.407 e. The summed E-state index contributed by atoms with van der Waals surface area (Å²) in [5, 5.41) is 6.28. The van der Waals surface area contributed by atoms with Crippen molar-refractivity contribution in [1.29, 1.82) is 0 Å². The molecule has 0 aromatic heterocycles. The predicted octanol–water partition coefficient (Wildman–Crippen LogP) is 3.24. The van der Waals surface area contributed by atoms with E-state index in [1.165, 1.54) is 25.7 Å². The third-order valence-corrected chi connectivity index (χ3v) is 3.54. The fourth-order valence-corrected chi connectivity index (χ4v) is 2.46. The Balaban J connectivity index is 2.09. The number of amides is 1. The van der Waals surface area contributed by atoms with Crippen molar-refractivity contribution in [1.82, 2.24) is 10.6 Å². The molecule has 0 spiro atoms. The lowest BCUT2D eigenvalue weighted by Gasteiger charge is -2.29. The Hall–Kier alpha value is -1.03. The van der Waals surface area contributed by atoms with Crippen LogP contribution in [0.15, 0.2) is 12.2 Å². The van der Waals surface area contributed by atoms with Crippen LogP contribution in [0.3, 0.4) is 0 Å². The molecule has 0 aromatic carbocycles. The van der Waals surface area contributed by atoms with Gasteiger partial charge in [0.2, 0.25) is 0 Å². The van der Waals surface area contributed by atoms with Gasteiger partial charge in [0.15, 0.2) is 0 Å². The maximum Gasteiger partial charge on any atom is 0.407 e. The van der Waals surface area contributed by atoms with Gasteiger partial charge in [0.25, 0.3) is 0 Å². The van der Waals surface area contributed by atoms with Crippen molar-refractivity contribution >= 4 is 6.09 Å². The number of rotatable bonds is 5. The number of hydrogen-bond donors (Lipinski definition) is 2. The van der Waals surface area contributed by atoms with E-state index in [2.05, 4.69) is 23.6 Å². The molecule has 2 N–H and O–H groups in total. The highest BCUT2D eigenvalue weighted by Gasteiger charge is 2.19. The summed E-state index contributed by atoms with van der Waals surface area (Å²) in [6.45, 7) is 9.28. The maximum absolute atomic E-state index is 11.4. The van der Waals surface area contributed by atoms with E-state index in [4.69, 9.17) is 4.74 Å². The lowest BCUT2D eigenvalue weighted by molar-refractivity contribution is 0.0534. The van der Waals surface area contributed by atoms with Gasteiger partial charge in [-0.15, -0.1) is 0 Å². The highest BCUT2D eigenvalue weighted by Crippen LogP contribution is 2.23. The molecule has 2 atom stereocenters. The Morgan fingerprint density at radius 3 is 2.50 bits per heavy atom. The van der Waals surface area contributed by atoms with Crippen molar-refractivity contribution in [3.05, 3.63) is 12.2 Å². The van der Waals surface area contributed by atoms with Crippen molar-refractivity contribution in [3.8, 4) is 0 Å². The molecule has 0 aliphatic heterocycles. The standard InChI is InChI=1S/C16H30N2O2/c1-13-9-5-6-10-14(13)17-11-7-8-12-18-15(19)20-16(2,3)4/h7-8,13-14,17H,5-6,9-12H2,1-4H3,(H,18,19)/b8-7+. The molecule has 0 bridgehead atoms. The van der Waals surface area contributed by atoms with E-state index in [0.29, 0.717) is 12.6 Å². The van der Waals surface area contributed by atoms with E-state index in [1.54, 1.807) is 0 Å². The molecule has 0 heterocycles. The summed E-state index contributed by atoms with van der Waals surface area (Å²) >= 11 is 0. The third-order valence-electron chi connectivity index (χ3n) is 3.54. The summed E-state index contributed by atoms with van der Waals surface area (Å²) in [6.07, 6.45) is 8.99. The van der Waals surface area contributed by atoms with Crippen LogP contribution in [0.1, 0.15) is 53.4 Å². The first kappa shape index (κ1) is 17.0. The number of hydrogen-bond acceptors (Lipinski definition) is 3. The zero-order valence-corrected chi connectivity index (χ0v) is 13.4. The Morgan fingerprint density at radius 1 is 1.20 bits per heavy atom. The van der Waals surface area contributed by atoms with Gasteiger partial charge >= 0.3 is 6.09 Å². The molecule has 1 aliphatic rings. The Kier molecular flexibility index (Phi) is 7.06. The molecule has 1 aliphatic carbocycles. The molecule has 20 heavy (non-hydrogen) atoms. The zero-order chi connectivity index (χ0) is 15.0. The quantitative estimate of drug-likeness (QED) is 0.761. The van der Waals surface area contributed by atoms with Crippen LogP contribution in [0, 0.1) is 5.92 Å². The molecular formula is C16H30N2O2. The largest absolute Gasteiger partial charge is 0.444 e. The fourth-order valence-electron chi connectivity index (χ4n) is 2.46. The van der Waals surface area contributed by atoms with Crippen molar-refractivity contribution < 1.29 is 9.53 Å². The highest BCUT2D eigenvalue weighted by molar-refractivity contribution is 5.67. The van der Waals surface area contributed by atoms with Gasteiger partial charge in [-0.1, -0.05) is 31.9 Å². The fraction of sp³-hybridized carbons (Fsp3) is 0.812. The summed E-state index contributed by atoms with van der Waals surface area (Å²) in [6, 6.07) is 0.646. The first-order valence-corrected chi connectivity index (χ1v) is 7.74. The van der Waals surface area contributed by atoms with Crippen LogP contribution in [0.25, 0.3) is 0 Å². The first-order chi connectivity index (χ1) is 9.38. The van der Waals surface area contributed by atoms with Gasteiger partial charge in [-0.05, 0) is 39.5 Å². The topological polar surface area (TPSA) is 50.4 Å². The van der Waals surface area contributed by atoms with Gasteiger partial charge in [0.1, 0.15) is 5.60 Å². The van der Waals surface area contributed by atoms with E-state index >= 15 is 0 Å². The lowest BCUT2D eigenvalue weighted by atomic mass is 9.86. The highest BCUT2D eigenvalue weighted by atomic mass is 16.6. The van der Waals surface area contributed by atoms with E-state index in [9.17, 15) is 4.79 Å². The third kappa shape index (κ3) is 7.53.